The normalized spacial score (nSPS) is 10.8. The SMILES string of the molecule is Cc1ccc(C(=O)Oc2ccc3ccccc3c2C=NNC(=O)C(=O)Nc2ccccc2Cl)cc1. The first-order valence-electron chi connectivity index (χ1n) is 10.6. The summed E-state index contributed by atoms with van der Waals surface area (Å²) in [5.41, 5.74) is 4.38. The number of fused-ring (bicyclic) bond motifs is 1. The molecular formula is C27H20ClN3O4. The molecule has 0 aliphatic rings. The summed E-state index contributed by atoms with van der Waals surface area (Å²) in [4.78, 5) is 37.1. The zero-order valence-electron chi connectivity index (χ0n) is 18.6. The summed E-state index contributed by atoms with van der Waals surface area (Å²) in [7, 11) is 0. The van der Waals surface area contributed by atoms with Crippen LogP contribution in [0.3, 0.4) is 0 Å². The lowest BCUT2D eigenvalue weighted by Crippen LogP contribution is -2.32. The molecule has 0 heterocycles. The van der Waals surface area contributed by atoms with Crippen molar-refractivity contribution >= 4 is 52.1 Å². The highest BCUT2D eigenvalue weighted by Gasteiger charge is 2.16. The Morgan fingerprint density at radius 1 is 0.857 bits per heavy atom. The Kier molecular flexibility index (Phi) is 7.18. The van der Waals surface area contributed by atoms with Crippen LogP contribution in [-0.4, -0.2) is 24.0 Å². The fourth-order valence-corrected chi connectivity index (χ4v) is 3.48. The molecule has 0 saturated carbocycles. The minimum Gasteiger partial charge on any atom is -0.422 e. The number of aryl methyl sites for hydroxylation is 1. The van der Waals surface area contributed by atoms with Gasteiger partial charge in [-0.3, -0.25) is 9.59 Å². The fourth-order valence-electron chi connectivity index (χ4n) is 3.29. The van der Waals surface area contributed by atoms with Gasteiger partial charge in [-0.05, 0) is 48.0 Å². The smallest absolute Gasteiger partial charge is 0.343 e. The first-order chi connectivity index (χ1) is 16.9. The second-order valence-corrected chi connectivity index (χ2v) is 7.99. The predicted octanol–water partition coefficient (Wildman–Crippen LogP) is 5.11. The Bertz CT molecular complexity index is 1450. The molecule has 35 heavy (non-hydrogen) atoms. The standard InChI is InChI=1S/C27H20ClN3O4/c1-17-10-12-19(13-11-17)27(34)35-24-15-14-18-6-2-3-7-20(18)21(24)16-29-31-26(33)25(32)30-23-9-5-4-8-22(23)28/h2-16H,1H3,(H,30,32)(H,31,33). The van der Waals surface area contributed by atoms with E-state index in [2.05, 4.69) is 15.8 Å². The van der Waals surface area contributed by atoms with Crippen LogP contribution in [0.4, 0.5) is 5.69 Å². The van der Waals surface area contributed by atoms with Crippen molar-refractivity contribution in [2.75, 3.05) is 5.32 Å². The van der Waals surface area contributed by atoms with E-state index in [1.165, 1.54) is 6.21 Å². The summed E-state index contributed by atoms with van der Waals surface area (Å²) in [6.45, 7) is 1.93. The maximum atomic E-state index is 12.7. The molecule has 2 amide bonds. The van der Waals surface area contributed by atoms with Gasteiger partial charge < -0.3 is 10.1 Å². The number of halogens is 1. The van der Waals surface area contributed by atoms with Crippen LogP contribution >= 0.6 is 11.6 Å². The second kappa shape index (κ2) is 10.6. The van der Waals surface area contributed by atoms with Crippen LogP contribution in [0.2, 0.25) is 5.02 Å². The van der Waals surface area contributed by atoms with Gasteiger partial charge in [0.05, 0.1) is 22.5 Å². The maximum absolute atomic E-state index is 12.7. The summed E-state index contributed by atoms with van der Waals surface area (Å²) in [5, 5.41) is 8.27. The molecule has 0 fully saturated rings. The van der Waals surface area contributed by atoms with E-state index in [-0.39, 0.29) is 5.75 Å². The first-order valence-corrected chi connectivity index (χ1v) is 11.0. The van der Waals surface area contributed by atoms with Crippen LogP contribution in [0.5, 0.6) is 5.75 Å². The Balaban J connectivity index is 1.54. The van der Waals surface area contributed by atoms with Gasteiger partial charge in [-0.15, -0.1) is 0 Å². The monoisotopic (exact) mass is 485 g/mol. The lowest BCUT2D eigenvalue weighted by molar-refractivity contribution is -0.136. The molecule has 0 saturated heterocycles. The third-order valence-electron chi connectivity index (χ3n) is 5.11. The molecule has 0 aromatic heterocycles. The molecule has 7 nitrogen and oxygen atoms in total. The Hall–Kier alpha value is -4.49. The van der Waals surface area contributed by atoms with Gasteiger partial charge in [-0.1, -0.05) is 71.8 Å². The van der Waals surface area contributed by atoms with E-state index in [0.29, 0.717) is 21.8 Å². The highest BCUT2D eigenvalue weighted by Crippen LogP contribution is 2.27. The van der Waals surface area contributed by atoms with E-state index in [0.717, 1.165) is 16.3 Å². The number of hydrazone groups is 1. The van der Waals surface area contributed by atoms with Crippen molar-refractivity contribution in [1.29, 1.82) is 0 Å². The molecule has 0 aliphatic carbocycles. The summed E-state index contributed by atoms with van der Waals surface area (Å²) >= 11 is 6.01. The molecular weight excluding hydrogens is 466 g/mol. The third-order valence-corrected chi connectivity index (χ3v) is 5.44. The number of carbonyl (C=O) groups excluding carboxylic acids is 3. The van der Waals surface area contributed by atoms with E-state index in [1.54, 1.807) is 42.5 Å². The van der Waals surface area contributed by atoms with Gasteiger partial charge in [0.15, 0.2) is 0 Å². The molecule has 0 radical (unpaired) electrons. The molecule has 0 aliphatic heterocycles. The van der Waals surface area contributed by atoms with Crippen molar-refractivity contribution < 1.29 is 19.1 Å². The number of nitrogens with one attached hydrogen (secondary N) is 2. The van der Waals surface area contributed by atoms with Crippen LogP contribution < -0.4 is 15.5 Å². The molecule has 174 valence electrons. The van der Waals surface area contributed by atoms with Crippen molar-refractivity contribution in [2.45, 2.75) is 6.92 Å². The second-order valence-electron chi connectivity index (χ2n) is 7.59. The van der Waals surface area contributed by atoms with Gasteiger partial charge in [0.2, 0.25) is 0 Å². The number of anilines is 1. The molecule has 4 rings (SSSR count). The van der Waals surface area contributed by atoms with Crippen LogP contribution in [0.15, 0.2) is 90.0 Å². The number of para-hydroxylation sites is 1. The van der Waals surface area contributed by atoms with Crippen molar-refractivity contribution in [1.82, 2.24) is 5.43 Å². The molecule has 4 aromatic rings. The fraction of sp³-hybridized carbons (Fsp3) is 0.0370. The average molecular weight is 486 g/mol. The van der Waals surface area contributed by atoms with Crippen LogP contribution in [0.1, 0.15) is 21.5 Å². The Morgan fingerprint density at radius 3 is 2.34 bits per heavy atom. The van der Waals surface area contributed by atoms with Crippen molar-refractivity contribution in [3.8, 4) is 5.75 Å². The van der Waals surface area contributed by atoms with Crippen LogP contribution in [0.25, 0.3) is 10.8 Å². The molecule has 8 heteroatoms. The Labute approximate surface area is 206 Å². The summed E-state index contributed by atoms with van der Waals surface area (Å²) in [6.07, 6.45) is 1.33. The van der Waals surface area contributed by atoms with Gasteiger partial charge in [0.25, 0.3) is 0 Å². The lowest BCUT2D eigenvalue weighted by Gasteiger charge is -2.11. The van der Waals surface area contributed by atoms with Gasteiger partial charge in [0.1, 0.15) is 5.75 Å². The number of ether oxygens (including phenoxy) is 1. The highest BCUT2D eigenvalue weighted by molar-refractivity contribution is 6.41. The zero-order chi connectivity index (χ0) is 24.8. The number of esters is 1. The number of nitrogens with zero attached hydrogens (tertiary/aromatic N) is 1. The third kappa shape index (κ3) is 5.72. The van der Waals surface area contributed by atoms with E-state index < -0.39 is 17.8 Å². The molecule has 0 unspecified atom stereocenters. The van der Waals surface area contributed by atoms with E-state index in [4.69, 9.17) is 16.3 Å². The van der Waals surface area contributed by atoms with Crippen molar-refractivity contribution in [2.24, 2.45) is 5.10 Å². The first kappa shape index (κ1) is 23.7. The number of hydrogen-bond donors (Lipinski definition) is 2. The minimum absolute atomic E-state index is 0.257. The maximum Gasteiger partial charge on any atom is 0.343 e. The predicted molar refractivity (Wildman–Crippen MR) is 136 cm³/mol. The molecule has 2 N–H and O–H groups in total. The summed E-state index contributed by atoms with van der Waals surface area (Å²) < 4.78 is 5.64. The van der Waals surface area contributed by atoms with Gasteiger partial charge >= 0.3 is 17.8 Å². The topological polar surface area (TPSA) is 96.9 Å². The zero-order valence-corrected chi connectivity index (χ0v) is 19.4. The molecule has 0 bridgehead atoms. The molecule has 4 aromatic carbocycles. The summed E-state index contributed by atoms with van der Waals surface area (Å²) in [5.74, 6) is -2.19. The van der Waals surface area contributed by atoms with E-state index in [9.17, 15) is 14.4 Å². The number of hydrogen-bond acceptors (Lipinski definition) is 5. The molecule has 0 spiro atoms. The van der Waals surface area contributed by atoms with Gasteiger partial charge in [-0.25, -0.2) is 10.2 Å². The summed E-state index contributed by atoms with van der Waals surface area (Å²) in [6, 6.07) is 24.5. The highest BCUT2D eigenvalue weighted by atomic mass is 35.5. The van der Waals surface area contributed by atoms with Crippen LogP contribution in [0, 0.1) is 6.92 Å². The van der Waals surface area contributed by atoms with Gasteiger partial charge in [0, 0.05) is 5.56 Å². The van der Waals surface area contributed by atoms with Crippen LogP contribution in [-0.2, 0) is 9.59 Å². The quantitative estimate of drug-likeness (QED) is 0.135. The van der Waals surface area contributed by atoms with Gasteiger partial charge in [-0.2, -0.15) is 5.10 Å². The average Bonchev–Trinajstić information content (AvgIpc) is 2.86. The number of amides is 2. The van der Waals surface area contributed by atoms with Crippen molar-refractivity contribution in [3.63, 3.8) is 0 Å². The van der Waals surface area contributed by atoms with Crippen molar-refractivity contribution in [3.05, 3.63) is 107 Å². The number of rotatable bonds is 5. The lowest BCUT2D eigenvalue weighted by atomic mass is 10.0. The molecule has 0 atom stereocenters. The van der Waals surface area contributed by atoms with E-state index in [1.807, 2.05) is 49.4 Å². The Morgan fingerprint density at radius 2 is 1.57 bits per heavy atom. The number of carbonyl (C=O) groups is 3. The van der Waals surface area contributed by atoms with E-state index >= 15 is 0 Å². The number of benzene rings is 4. The minimum atomic E-state index is -0.986. The largest absolute Gasteiger partial charge is 0.422 e.